The molecule has 2 aromatic rings. The SMILES string of the molecule is NC(=O)COc1cccc(NC(=O)c2cnccc2Cl)c1. The van der Waals surface area contributed by atoms with Crippen molar-refractivity contribution in [1.82, 2.24) is 4.98 Å². The Morgan fingerprint density at radius 2 is 2.14 bits per heavy atom. The number of aromatic nitrogens is 1. The van der Waals surface area contributed by atoms with Crippen molar-refractivity contribution in [2.24, 2.45) is 5.73 Å². The Labute approximate surface area is 125 Å². The van der Waals surface area contributed by atoms with E-state index in [4.69, 9.17) is 22.1 Å². The molecule has 108 valence electrons. The molecule has 6 nitrogen and oxygen atoms in total. The minimum Gasteiger partial charge on any atom is -0.484 e. The number of primary amides is 1. The van der Waals surface area contributed by atoms with Crippen molar-refractivity contribution in [2.45, 2.75) is 0 Å². The predicted molar refractivity (Wildman–Crippen MR) is 78.3 cm³/mol. The normalized spacial score (nSPS) is 9.95. The van der Waals surface area contributed by atoms with Crippen LogP contribution in [0.1, 0.15) is 10.4 Å². The minimum atomic E-state index is -0.577. The fourth-order valence-corrected chi connectivity index (χ4v) is 1.75. The number of rotatable bonds is 5. The van der Waals surface area contributed by atoms with Crippen LogP contribution in [-0.2, 0) is 4.79 Å². The molecule has 0 fully saturated rings. The number of carbonyl (C=O) groups is 2. The Hall–Kier alpha value is -2.60. The van der Waals surface area contributed by atoms with Crippen molar-refractivity contribution in [2.75, 3.05) is 11.9 Å². The van der Waals surface area contributed by atoms with Crippen LogP contribution in [0.5, 0.6) is 5.75 Å². The summed E-state index contributed by atoms with van der Waals surface area (Å²) in [5.74, 6) is -0.546. The third kappa shape index (κ3) is 4.19. The zero-order chi connectivity index (χ0) is 15.2. The maximum atomic E-state index is 12.1. The molecule has 0 spiro atoms. The van der Waals surface area contributed by atoms with E-state index in [0.717, 1.165) is 0 Å². The average molecular weight is 306 g/mol. The maximum Gasteiger partial charge on any atom is 0.258 e. The second-order valence-electron chi connectivity index (χ2n) is 4.09. The van der Waals surface area contributed by atoms with Crippen molar-refractivity contribution in [3.05, 3.63) is 53.3 Å². The zero-order valence-corrected chi connectivity index (χ0v) is 11.6. The van der Waals surface area contributed by atoms with E-state index in [1.54, 1.807) is 24.3 Å². The molecule has 0 atom stereocenters. The van der Waals surface area contributed by atoms with Gasteiger partial charge in [-0.3, -0.25) is 14.6 Å². The highest BCUT2D eigenvalue weighted by atomic mass is 35.5. The van der Waals surface area contributed by atoms with Gasteiger partial charge >= 0.3 is 0 Å². The quantitative estimate of drug-likeness (QED) is 0.881. The summed E-state index contributed by atoms with van der Waals surface area (Å²) in [6, 6.07) is 8.11. The van der Waals surface area contributed by atoms with E-state index < -0.39 is 5.91 Å². The topological polar surface area (TPSA) is 94.3 Å². The lowest BCUT2D eigenvalue weighted by molar-refractivity contribution is -0.119. The molecule has 2 amide bonds. The molecule has 0 aliphatic rings. The molecular weight excluding hydrogens is 294 g/mol. The summed E-state index contributed by atoms with van der Waals surface area (Å²) in [5, 5.41) is 2.98. The van der Waals surface area contributed by atoms with Crippen LogP contribution in [0.3, 0.4) is 0 Å². The second kappa shape index (κ2) is 6.71. The summed E-state index contributed by atoms with van der Waals surface area (Å²) in [6.07, 6.45) is 2.88. The number of halogens is 1. The van der Waals surface area contributed by atoms with Gasteiger partial charge in [0.05, 0.1) is 10.6 Å². The average Bonchev–Trinajstić information content (AvgIpc) is 2.46. The van der Waals surface area contributed by atoms with Crippen LogP contribution in [0.15, 0.2) is 42.7 Å². The van der Waals surface area contributed by atoms with Crippen LogP contribution in [-0.4, -0.2) is 23.4 Å². The van der Waals surface area contributed by atoms with E-state index in [1.807, 2.05) is 0 Å². The molecule has 0 bridgehead atoms. The highest BCUT2D eigenvalue weighted by molar-refractivity contribution is 6.34. The van der Waals surface area contributed by atoms with Gasteiger partial charge in [0.25, 0.3) is 11.8 Å². The second-order valence-corrected chi connectivity index (χ2v) is 4.50. The van der Waals surface area contributed by atoms with E-state index >= 15 is 0 Å². The smallest absolute Gasteiger partial charge is 0.258 e. The molecule has 0 aliphatic carbocycles. The molecule has 21 heavy (non-hydrogen) atoms. The van der Waals surface area contributed by atoms with E-state index in [2.05, 4.69) is 10.3 Å². The van der Waals surface area contributed by atoms with Gasteiger partial charge in [0.15, 0.2) is 6.61 Å². The fourth-order valence-electron chi connectivity index (χ4n) is 1.56. The lowest BCUT2D eigenvalue weighted by atomic mass is 10.2. The third-order valence-electron chi connectivity index (χ3n) is 2.49. The van der Waals surface area contributed by atoms with E-state index in [0.29, 0.717) is 16.5 Å². The molecule has 3 N–H and O–H groups in total. The van der Waals surface area contributed by atoms with E-state index in [9.17, 15) is 9.59 Å². The Bertz CT molecular complexity index is 676. The highest BCUT2D eigenvalue weighted by Crippen LogP contribution is 2.20. The first-order valence-corrected chi connectivity index (χ1v) is 6.36. The number of pyridine rings is 1. The van der Waals surface area contributed by atoms with Crippen LogP contribution in [0.25, 0.3) is 0 Å². The summed E-state index contributed by atoms with van der Waals surface area (Å²) >= 11 is 5.92. The number of benzene rings is 1. The van der Waals surface area contributed by atoms with Crippen LogP contribution in [0, 0.1) is 0 Å². The van der Waals surface area contributed by atoms with Crippen LogP contribution in [0.2, 0.25) is 5.02 Å². The van der Waals surface area contributed by atoms with Gasteiger partial charge in [0.2, 0.25) is 0 Å². The zero-order valence-electron chi connectivity index (χ0n) is 10.9. The molecule has 0 unspecified atom stereocenters. The molecule has 0 radical (unpaired) electrons. The van der Waals surface area contributed by atoms with Gasteiger partial charge in [-0.15, -0.1) is 0 Å². The standard InChI is InChI=1S/C14H12ClN3O3/c15-12-4-5-17-7-11(12)14(20)18-9-2-1-3-10(6-9)21-8-13(16)19/h1-7H,8H2,(H2,16,19)(H,18,20). The first-order valence-electron chi connectivity index (χ1n) is 5.98. The number of nitrogens with one attached hydrogen (secondary N) is 1. The summed E-state index contributed by atoms with van der Waals surface area (Å²) < 4.78 is 5.15. The van der Waals surface area contributed by atoms with Gasteiger partial charge in [-0.05, 0) is 18.2 Å². The summed E-state index contributed by atoms with van der Waals surface area (Å²) in [7, 11) is 0. The molecule has 0 saturated heterocycles. The Balaban J connectivity index is 2.09. The Morgan fingerprint density at radius 3 is 2.86 bits per heavy atom. The lowest BCUT2D eigenvalue weighted by Crippen LogP contribution is -2.20. The van der Waals surface area contributed by atoms with Crippen LogP contribution < -0.4 is 15.8 Å². The summed E-state index contributed by atoms with van der Waals surface area (Å²) in [5.41, 5.74) is 5.76. The van der Waals surface area contributed by atoms with Crippen molar-refractivity contribution in [3.8, 4) is 5.75 Å². The van der Waals surface area contributed by atoms with Crippen LogP contribution >= 0.6 is 11.6 Å². The maximum absolute atomic E-state index is 12.1. The van der Waals surface area contributed by atoms with Gasteiger partial charge < -0.3 is 15.8 Å². The molecule has 7 heteroatoms. The lowest BCUT2D eigenvalue weighted by Gasteiger charge is -2.08. The summed E-state index contributed by atoms with van der Waals surface area (Å²) in [4.78, 5) is 26.6. The molecule has 1 aromatic carbocycles. The van der Waals surface area contributed by atoms with Crippen molar-refractivity contribution >= 4 is 29.1 Å². The summed E-state index contributed by atoms with van der Waals surface area (Å²) in [6.45, 7) is -0.230. The highest BCUT2D eigenvalue weighted by Gasteiger charge is 2.10. The van der Waals surface area contributed by atoms with Crippen molar-refractivity contribution in [1.29, 1.82) is 0 Å². The fraction of sp³-hybridized carbons (Fsp3) is 0.0714. The van der Waals surface area contributed by atoms with Gasteiger partial charge in [-0.25, -0.2) is 0 Å². The molecule has 0 aliphatic heterocycles. The molecule has 2 rings (SSSR count). The van der Waals surface area contributed by atoms with Crippen LogP contribution in [0.4, 0.5) is 5.69 Å². The number of ether oxygens (including phenoxy) is 1. The largest absolute Gasteiger partial charge is 0.484 e. The van der Waals surface area contributed by atoms with Gasteiger partial charge in [0.1, 0.15) is 5.75 Å². The molecule has 1 aromatic heterocycles. The number of hydrogen-bond acceptors (Lipinski definition) is 4. The van der Waals surface area contributed by atoms with Crippen molar-refractivity contribution < 1.29 is 14.3 Å². The number of nitrogens with zero attached hydrogens (tertiary/aromatic N) is 1. The van der Waals surface area contributed by atoms with Gasteiger partial charge in [-0.1, -0.05) is 17.7 Å². The van der Waals surface area contributed by atoms with Crippen molar-refractivity contribution in [3.63, 3.8) is 0 Å². The number of hydrogen-bond donors (Lipinski definition) is 2. The minimum absolute atomic E-state index is 0.230. The number of carbonyl (C=O) groups excluding carboxylic acids is 2. The van der Waals surface area contributed by atoms with E-state index in [1.165, 1.54) is 18.5 Å². The third-order valence-corrected chi connectivity index (χ3v) is 2.82. The molecule has 0 saturated carbocycles. The first-order chi connectivity index (χ1) is 10.1. The number of amides is 2. The monoisotopic (exact) mass is 305 g/mol. The molecular formula is C14H12ClN3O3. The molecule has 1 heterocycles. The van der Waals surface area contributed by atoms with Gasteiger partial charge in [0, 0.05) is 24.1 Å². The Morgan fingerprint density at radius 1 is 1.33 bits per heavy atom. The predicted octanol–water partition coefficient (Wildman–Crippen LogP) is 1.85. The Kier molecular flexibility index (Phi) is 4.73. The number of anilines is 1. The van der Waals surface area contributed by atoms with E-state index in [-0.39, 0.29) is 18.1 Å². The van der Waals surface area contributed by atoms with Gasteiger partial charge in [-0.2, -0.15) is 0 Å². The first kappa shape index (κ1) is 14.8. The number of nitrogens with two attached hydrogens (primary N) is 1.